The molecule has 1 aromatic heterocycles. The zero-order valence-electron chi connectivity index (χ0n) is 6.63. The molecule has 1 aromatic rings. The van der Waals surface area contributed by atoms with Crippen molar-refractivity contribution in [1.82, 2.24) is 4.98 Å². The van der Waals surface area contributed by atoms with Crippen LogP contribution in [0.2, 0.25) is 0 Å². The predicted molar refractivity (Wildman–Crippen MR) is 49.8 cm³/mol. The van der Waals surface area contributed by atoms with Crippen molar-refractivity contribution in [3.05, 3.63) is 28.0 Å². The highest BCUT2D eigenvalue weighted by atomic mass is 79.9. The third-order valence-corrected chi connectivity index (χ3v) is 2.92. The first kappa shape index (κ1) is 8.20. The van der Waals surface area contributed by atoms with Gasteiger partial charge in [0, 0.05) is 11.8 Å². The molecule has 64 valence electrons. The smallest absolute Gasteiger partial charge is 0.112 e. The fourth-order valence-corrected chi connectivity index (χ4v) is 2.32. The molecule has 1 N–H and O–H groups in total. The summed E-state index contributed by atoms with van der Waals surface area (Å²) in [6.45, 7) is 0. The number of aromatic nitrogens is 1. The molecule has 0 spiro atoms. The topological polar surface area (TPSA) is 33.1 Å². The molecule has 1 atom stereocenters. The maximum absolute atomic E-state index is 9.67. The Morgan fingerprint density at radius 3 is 3.17 bits per heavy atom. The number of hydrogen-bond acceptors (Lipinski definition) is 2. The Bertz CT molecular complexity index is 301. The summed E-state index contributed by atoms with van der Waals surface area (Å²) in [6.07, 6.45) is 4.45. The minimum Gasteiger partial charge on any atom is -0.388 e. The number of hydrogen-bond donors (Lipinski definition) is 1. The lowest BCUT2D eigenvalue weighted by Crippen LogP contribution is -2.10. The van der Waals surface area contributed by atoms with E-state index in [-0.39, 0.29) is 6.10 Å². The van der Waals surface area contributed by atoms with Crippen LogP contribution in [0.15, 0.2) is 16.9 Å². The normalized spacial score (nSPS) is 22.0. The first-order valence-corrected chi connectivity index (χ1v) is 4.89. The molecule has 1 heterocycles. The second kappa shape index (κ2) is 3.15. The van der Waals surface area contributed by atoms with Crippen LogP contribution in [-0.4, -0.2) is 10.1 Å². The van der Waals surface area contributed by atoms with Crippen LogP contribution in [0.3, 0.4) is 0 Å². The van der Waals surface area contributed by atoms with Crippen LogP contribution in [0, 0.1) is 0 Å². The van der Waals surface area contributed by atoms with Gasteiger partial charge in [-0.3, -0.25) is 0 Å². The monoisotopic (exact) mass is 227 g/mol. The summed E-state index contributed by atoms with van der Waals surface area (Å²) in [5.41, 5.74) is 2.22. The molecule has 0 saturated heterocycles. The average Bonchev–Trinajstić information content (AvgIpc) is 2.04. The standard InChI is InChI=1S/C9H10BrNO/c10-9-8-6(4-5-11-9)2-1-3-7(8)12/h4-5,7,12H,1-3H2. The summed E-state index contributed by atoms with van der Waals surface area (Å²) in [5, 5.41) is 9.67. The highest BCUT2D eigenvalue weighted by Crippen LogP contribution is 2.33. The fraction of sp³-hybridized carbons (Fsp3) is 0.444. The molecular formula is C9H10BrNO. The van der Waals surface area contributed by atoms with E-state index in [0.717, 1.165) is 29.4 Å². The zero-order chi connectivity index (χ0) is 8.55. The van der Waals surface area contributed by atoms with E-state index in [0.29, 0.717) is 0 Å². The molecule has 12 heavy (non-hydrogen) atoms. The van der Waals surface area contributed by atoms with Crippen molar-refractivity contribution in [2.45, 2.75) is 25.4 Å². The summed E-state index contributed by atoms with van der Waals surface area (Å²) in [7, 11) is 0. The summed E-state index contributed by atoms with van der Waals surface area (Å²) in [5.74, 6) is 0. The van der Waals surface area contributed by atoms with Crippen LogP contribution in [-0.2, 0) is 6.42 Å². The average molecular weight is 228 g/mol. The SMILES string of the molecule is OC1CCCc2ccnc(Br)c21. The van der Waals surface area contributed by atoms with E-state index < -0.39 is 0 Å². The van der Waals surface area contributed by atoms with Crippen molar-refractivity contribution in [2.75, 3.05) is 0 Å². The van der Waals surface area contributed by atoms with Crippen LogP contribution < -0.4 is 0 Å². The maximum Gasteiger partial charge on any atom is 0.112 e. The van der Waals surface area contributed by atoms with Gasteiger partial charge in [-0.2, -0.15) is 0 Å². The fourth-order valence-electron chi connectivity index (χ4n) is 1.68. The summed E-state index contributed by atoms with van der Waals surface area (Å²) >= 11 is 3.35. The largest absolute Gasteiger partial charge is 0.388 e. The number of aliphatic hydroxyl groups excluding tert-OH is 1. The van der Waals surface area contributed by atoms with Crippen LogP contribution in [0.4, 0.5) is 0 Å². The molecule has 1 unspecified atom stereocenters. The van der Waals surface area contributed by atoms with Crippen molar-refractivity contribution >= 4 is 15.9 Å². The second-order valence-corrected chi connectivity index (χ2v) is 3.83. The molecule has 0 bridgehead atoms. The van der Waals surface area contributed by atoms with Gasteiger partial charge in [0.2, 0.25) is 0 Å². The van der Waals surface area contributed by atoms with Gasteiger partial charge in [-0.1, -0.05) is 0 Å². The maximum atomic E-state index is 9.67. The number of aliphatic hydroxyl groups is 1. The van der Waals surface area contributed by atoms with Crippen LogP contribution in [0.1, 0.15) is 30.1 Å². The zero-order valence-corrected chi connectivity index (χ0v) is 8.21. The van der Waals surface area contributed by atoms with Gasteiger partial charge in [0.05, 0.1) is 6.10 Å². The lowest BCUT2D eigenvalue weighted by Gasteiger charge is -2.21. The number of halogens is 1. The Morgan fingerprint density at radius 2 is 2.42 bits per heavy atom. The lowest BCUT2D eigenvalue weighted by molar-refractivity contribution is 0.155. The van der Waals surface area contributed by atoms with Crippen LogP contribution >= 0.6 is 15.9 Å². The summed E-state index contributed by atoms with van der Waals surface area (Å²) in [4.78, 5) is 4.10. The minimum atomic E-state index is -0.322. The third kappa shape index (κ3) is 1.27. The van der Waals surface area contributed by atoms with Gasteiger partial charge in [-0.25, -0.2) is 4.98 Å². The lowest BCUT2D eigenvalue weighted by atomic mass is 9.91. The van der Waals surface area contributed by atoms with E-state index in [1.54, 1.807) is 6.20 Å². The minimum absolute atomic E-state index is 0.322. The molecule has 0 fully saturated rings. The van der Waals surface area contributed by atoms with Crippen molar-refractivity contribution in [2.24, 2.45) is 0 Å². The molecule has 0 aliphatic heterocycles. The van der Waals surface area contributed by atoms with Gasteiger partial charge in [-0.15, -0.1) is 0 Å². The number of nitrogens with zero attached hydrogens (tertiary/aromatic N) is 1. The molecule has 0 aromatic carbocycles. The quantitative estimate of drug-likeness (QED) is 0.690. The molecule has 2 rings (SSSR count). The molecule has 0 amide bonds. The summed E-state index contributed by atoms with van der Waals surface area (Å²) < 4.78 is 0.798. The highest BCUT2D eigenvalue weighted by Gasteiger charge is 2.20. The number of aryl methyl sites for hydroxylation is 1. The van der Waals surface area contributed by atoms with Crippen molar-refractivity contribution < 1.29 is 5.11 Å². The second-order valence-electron chi connectivity index (χ2n) is 3.08. The van der Waals surface area contributed by atoms with E-state index in [1.807, 2.05) is 6.07 Å². The molecule has 1 aliphatic carbocycles. The molecule has 2 nitrogen and oxygen atoms in total. The van der Waals surface area contributed by atoms with Gasteiger partial charge in [-0.05, 0) is 46.8 Å². The van der Waals surface area contributed by atoms with Gasteiger partial charge >= 0.3 is 0 Å². The molecule has 3 heteroatoms. The van der Waals surface area contributed by atoms with E-state index in [9.17, 15) is 5.11 Å². The predicted octanol–water partition coefficient (Wildman–Crippen LogP) is 2.21. The third-order valence-electron chi connectivity index (χ3n) is 2.29. The van der Waals surface area contributed by atoms with Crippen LogP contribution in [0.25, 0.3) is 0 Å². The first-order valence-electron chi connectivity index (χ1n) is 4.10. The van der Waals surface area contributed by atoms with Crippen molar-refractivity contribution in [3.63, 3.8) is 0 Å². The van der Waals surface area contributed by atoms with Crippen molar-refractivity contribution in [1.29, 1.82) is 0 Å². The Morgan fingerprint density at radius 1 is 1.58 bits per heavy atom. The Kier molecular flexibility index (Phi) is 2.15. The van der Waals surface area contributed by atoms with Gasteiger partial charge < -0.3 is 5.11 Å². The van der Waals surface area contributed by atoms with Crippen LogP contribution in [0.5, 0.6) is 0 Å². The van der Waals surface area contributed by atoms with E-state index in [1.165, 1.54) is 5.56 Å². The molecular weight excluding hydrogens is 218 g/mol. The van der Waals surface area contributed by atoms with Gasteiger partial charge in [0.15, 0.2) is 0 Å². The number of rotatable bonds is 0. The van der Waals surface area contributed by atoms with Gasteiger partial charge in [0.1, 0.15) is 4.60 Å². The van der Waals surface area contributed by atoms with E-state index >= 15 is 0 Å². The Labute approximate surface area is 79.8 Å². The highest BCUT2D eigenvalue weighted by molar-refractivity contribution is 9.10. The van der Waals surface area contributed by atoms with E-state index in [4.69, 9.17) is 0 Å². The number of fused-ring (bicyclic) bond motifs is 1. The van der Waals surface area contributed by atoms with Gasteiger partial charge in [0.25, 0.3) is 0 Å². The Hall–Kier alpha value is -0.410. The Balaban J connectivity index is 2.53. The molecule has 1 aliphatic rings. The molecule has 0 saturated carbocycles. The summed E-state index contributed by atoms with van der Waals surface area (Å²) in [6, 6.07) is 1.99. The molecule has 0 radical (unpaired) electrons. The van der Waals surface area contributed by atoms with E-state index in [2.05, 4.69) is 20.9 Å². The first-order chi connectivity index (χ1) is 5.79. The number of pyridine rings is 1. The van der Waals surface area contributed by atoms with Crippen molar-refractivity contribution in [3.8, 4) is 0 Å².